The second-order valence-electron chi connectivity index (χ2n) is 14.1. The van der Waals surface area contributed by atoms with Gasteiger partial charge in [0.05, 0.1) is 6.10 Å². The molecular weight excluding hydrogens is 476 g/mol. The predicted octanol–water partition coefficient (Wildman–Crippen LogP) is 6.14. The number of aliphatic hydroxyl groups excluding tert-OH is 1. The number of H-pyrrole nitrogens is 1. The van der Waals surface area contributed by atoms with Crippen LogP contribution >= 0.6 is 0 Å². The molecule has 0 unspecified atom stereocenters. The fraction of sp³-hybridized carbons (Fsp3) is 0.935. The number of tetrazole rings is 1. The Morgan fingerprint density at radius 2 is 1.84 bits per heavy atom. The zero-order valence-electron chi connectivity index (χ0n) is 24.5. The second-order valence-corrected chi connectivity index (χ2v) is 14.1. The van der Waals surface area contributed by atoms with E-state index in [-0.39, 0.29) is 23.6 Å². The van der Waals surface area contributed by atoms with Gasteiger partial charge in [0.2, 0.25) is 0 Å². The molecule has 7 heteroatoms. The molecule has 0 saturated heterocycles. The Hall–Kier alpha value is -1.50. The third kappa shape index (κ3) is 4.94. The molecule has 11 atom stereocenters. The Morgan fingerprint density at radius 1 is 1.08 bits per heavy atom. The van der Waals surface area contributed by atoms with Crippen molar-refractivity contribution in [3.05, 3.63) is 5.82 Å². The van der Waals surface area contributed by atoms with Crippen molar-refractivity contribution < 1.29 is 14.6 Å². The van der Waals surface area contributed by atoms with Crippen LogP contribution in [0.5, 0.6) is 0 Å². The molecule has 38 heavy (non-hydrogen) atoms. The van der Waals surface area contributed by atoms with Crippen LogP contribution < -0.4 is 0 Å². The van der Waals surface area contributed by atoms with Crippen molar-refractivity contribution in [3.8, 4) is 0 Å². The number of carbonyl (C=O) groups excluding carboxylic acids is 1. The summed E-state index contributed by atoms with van der Waals surface area (Å²) >= 11 is 0. The van der Waals surface area contributed by atoms with Crippen LogP contribution in [0.4, 0.5) is 0 Å². The molecule has 0 spiro atoms. The summed E-state index contributed by atoms with van der Waals surface area (Å²) < 4.78 is 6.33. The lowest BCUT2D eigenvalue weighted by molar-refractivity contribution is -0.217. The van der Waals surface area contributed by atoms with E-state index in [0.717, 1.165) is 56.2 Å². The topological polar surface area (TPSA) is 101 Å². The van der Waals surface area contributed by atoms with Crippen molar-refractivity contribution in [3.63, 3.8) is 0 Å². The van der Waals surface area contributed by atoms with Crippen LogP contribution in [0, 0.1) is 52.3 Å². The number of nitrogens with zero attached hydrogens (tertiary/aromatic N) is 3. The summed E-state index contributed by atoms with van der Waals surface area (Å²) in [5.41, 5.74) is 0.588. The minimum absolute atomic E-state index is 0.00898. The van der Waals surface area contributed by atoms with Crippen molar-refractivity contribution in [2.75, 3.05) is 0 Å². The average molecular weight is 529 g/mol. The molecule has 2 N–H and O–H groups in total. The van der Waals surface area contributed by atoms with Gasteiger partial charge in [0, 0.05) is 19.3 Å². The van der Waals surface area contributed by atoms with Crippen molar-refractivity contribution in [1.82, 2.24) is 20.6 Å². The van der Waals surface area contributed by atoms with Crippen molar-refractivity contribution >= 4 is 5.97 Å². The first kappa shape index (κ1) is 28.0. The molecule has 4 saturated carbocycles. The first-order chi connectivity index (χ1) is 18.2. The molecular formula is C31H52N4O3. The monoisotopic (exact) mass is 528 g/mol. The van der Waals surface area contributed by atoms with Gasteiger partial charge in [-0.3, -0.25) is 4.79 Å². The Labute approximate surface area is 229 Å². The maximum atomic E-state index is 12.5. The Balaban J connectivity index is 1.31. The van der Waals surface area contributed by atoms with Crippen molar-refractivity contribution in [2.45, 2.75) is 130 Å². The highest BCUT2D eigenvalue weighted by Gasteiger charge is 2.65. The van der Waals surface area contributed by atoms with E-state index in [1.807, 2.05) is 0 Å². The number of ether oxygens (including phenoxy) is 1. The summed E-state index contributed by atoms with van der Waals surface area (Å²) in [6, 6.07) is 0. The molecule has 5 rings (SSSR count). The number of aromatic amines is 1. The lowest BCUT2D eigenvalue weighted by atomic mass is 9.41. The summed E-state index contributed by atoms with van der Waals surface area (Å²) in [5.74, 6) is 4.69. The van der Waals surface area contributed by atoms with E-state index in [1.54, 1.807) is 6.92 Å². The van der Waals surface area contributed by atoms with Crippen LogP contribution in [0.3, 0.4) is 0 Å². The van der Waals surface area contributed by atoms with E-state index in [4.69, 9.17) is 4.74 Å². The number of hydrogen-bond donors (Lipinski definition) is 2. The summed E-state index contributed by atoms with van der Waals surface area (Å²) in [7, 11) is 0. The van der Waals surface area contributed by atoms with E-state index >= 15 is 0 Å². The first-order valence-electron chi connectivity index (χ1n) is 15.8. The Morgan fingerprint density at radius 3 is 2.55 bits per heavy atom. The number of fused-ring (bicyclic) bond motifs is 5. The number of aromatic nitrogens is 4. The van der Waals surface area contributed by atoms with Crippen LogP contribution in [0.25, 0.3) is 0 Å². The smallest absolute Gasteiger partial charge is 0.302 e. The minimum atomic E-state index is -0.200. The summed E-state index contributed by atoms with van der Waals surface area (Å²) in [6.45, 7) is 11.5. The molecule has 1 aromatic rings. The third-order valence-corrected chi connectivity index (χ3v) is 12.4. The summed E-state index contributed by atoms with van der Waals surface area (Å²) in [4.78, 5) is 12.5. The molecule has 0 aliphatic heterocycles. The number of aliphatic hydroxyl groups is 1. The maximum Gasteiger partial charge on any atom is 0.302 e. The predicted molar refractivity (Wildman–Crippen MR) is 147 cm³/mol. The van der Waals surface area contributed by atoms with E-state index in [9.17, 15) is 9.90 Å². The summed E-state index contributed by atoms with van der Waals surface area (Å²) in [6.07, 6.45) is 14.7. The van der Waals surface area contributed by atoms with Gasteiger partial charge in [0.15, 0.2) is 5.82 Å². The van der Waals surface area contributed by atoms with Crippen LogP contribution in [0.15, 0.2) is 0 Å². The van der Waals surface area contributed by atoms with E-state index in [0.29, 0.717) is 35.0 Å². The number of nitrogens with one attached hydrogen (secondary N) is 1. The number of unbranched alkanes of at least 4 members (excludes halogenated alkanes) is 2. The fourth-order valence-corrected chi connectivity index (χ4v) is 10.7. The number of carbonyl (C=O) groups is 1. The molecule has 4 aliphatic rings. The molecule has 4 fully saturated rings. The van der Waals surface area contributed by atoms with Crippen LogP contribution in [-0.4, -0.2) is 43.9 Å². The molecule has 1 aromatic heterocycles. The quantitative estimate of drug-likeness (QED) is 0.295. The first-order valence-corrected chi connectivity index (χ1v) is 15.8. The van der Waals surface area contributed by atoms with Crippen molar-refractivity contribution in [2.24, 2.45) is 52.3 Å². The molecule has 0 radical (unpaired) electrons. The molecule has 7 nitrogen and oxygen atoms in total. The minimum Gasteiger partial charge on any atom is -0.462 e. The normalized spacial score (nSPS) is 43.1. The Kier molecular flexibility index (Phi) is 8.24. The van der Waals surface area contributed by atoms with E-state index in [1.165, 1.54) is 44.9 Å². The zero-order chi connectivity index (χ0) is 27.1. The maximum absolute atomic E-state index is 12.5. The van der Waals surface area contributed by atoms with Crippen LogP contribution in [-0.2, 0) is 16.0 Å². The third-order valence-electron chi connectivity index (χ3n) is 12.4. The number of esters is 1. The zero-order valence-corrected chi connectivity index (χ0v) is 24.5. The van der Waals surface area contributed by atoms with Gasteiger partial charge >= 0.3 is 5.97 Å². The highest BCUT2D eigenvalue weighted by atomic mass is 16.5. The van der Waals surface area contributed by atoms with Crippen LogP contribution in [0.2, 0.25) is 0 Å². The van der Waals surface area contributed by atoms with Gasteiger partial charge in [-0.05, 0) is 104 Å². The van der Waals surface area contributed by atoms with Crippen LogP contribution in [0.1, 0.15) is 117 Å². The van der Waals surface area contributed by atoms with Gasteiger partial charge in [-0.1, -0.05) is 52.2 Å². The average Bonchev–Trinajstić information content (AvgIpc) is 3.52. The molecule has 0 bridgehead atoms. The van der Waals surface area contributed by atoms with Crippen molar-refractivity contribution in [1.29, 1.82) is 0 Å². The van der Waals surface area contributed by atoms with Gasteiger partial charge in [0.25, 0.3) is 0 Å². The van der Waals surface area contributed by atoms with E-state index < -0.39 is 0 Å². The van der Waals surface area contributed by atoms with Gasteiger partial charge < -0.3 is 9.84 Å². The van der Waals surface area contributed by atoms with E-state index in [2.05, 4.69) is 48.3 Å². The molecule has 0 aromatic carbocycles. The molecule has 4 aliphatic carbocycles. The highest BCUT2D eigenvalue weighted by molar-refractivity contribution is 5.66. The fourth-order valence-electron chi connectivity index (χ4n) is 10.7. The number of aryl methyl sites for hydroxylation is 1. The SMILES string of the molecule is CC[C@H]1[C@@H](OC(C)=O)[C@@H]2[C@H](CC[C@]3(C)[C@@H]([C@H](C)CCCCCc4nn[nH]n4)CC[C@@H]23)[C@@]2(C)CC[C@@H](O)C[C@@H]12. The second kappa shape index (κ2) is 11.2. The lowest BCUT2D eigenvalue weighted by Crippen LogP contribution is -2.63. The standard InChI is InChI=1S/C31H52N4O3/c1-6-22-26-18-21(37)14-16-31(26,5)25-15-17-30(4)23(12-13-24(30)28(25)29(22)38-20(3)36)19(2)10-8-7-9-11-27-32-34-35-33-27/h19,21-26,28-29,37H,6-18H2,1-5H3,(H,32,33,34,35)/t19-,21-,22-,23-,24+,25+,26+,28+,29-,30-,31-/m1/s1. The largest absolute Gasteiger partial charge is 0.462 e. The molecule has 0 amide bonds. The lowest BCUT2D eigenvalue weighted by Gasteiger charge is -2.65. The van der Waals surface area contributed by atoms with Gasteiger partial charge in [0.1, 0.15) is 6.10 Å². The number of hydrogen-bond acceptors (Lipinski definition) is 6. The summed E-state index contributed by atoms with van der Waals surface area (Å²) in [5, 5.41) is 25.0. The number of rotatable bonds is 9. The van der Waals surface area contributed by atoms with Gasteiger partial charge in [-0.25, -0.2) is 0 Å². The van der Waals surface area contributed by atoms with Gasteiger partial charge in [-0.15, -0.1) is 10.2 Å². The van der Waals surface area contributed by atoms with Gasteiger partial charge in [-0.2, -0.15) is 5.21 Å². The molecule has 214 valence electrons. The Bertz CT molecular complexity index is 940. The highest BCUT2D eigenvalue weighted by Crippen LogP contribution is 2.70. The molecule has 1 heterocycles.